The number of anilines is 3. The molecule has 1 aliphatic carbocycles. The quantitative estimate of drug-likeness (QED) is 0.0211. The van der Waals surface area contributed by atoms with Gasteiger partial charge in [-0.05, 0) is 42.0 Å². The summed E-state index contributed by atoms with van der Waals surface area (Å²) in [7, 11) is 8.44. The van der Waals surface area contributed by atoms with E-state index in [1.54, 1.807) is 30.8 Å². The Morgan fingerprint density at radius 3 is 1.65 bits per heavy atom. The van der Waals surface area contributed by atoms with Gasteiger partial charge in [-0.1, -0.05) is 6.07 Å². The topological polar surface area (TPSA) is 240 Å². The number of methoxy groups -OCH3 is 1. The fourth-order valence-electron chi connectivity index (χ4n) is 6.70. The van der Waals surface area contributed by atoms with Crippen LogP contribution in [0.5, 0.6) is 17.2 Å². The van der Waals surface area contributed by atoms with Crippen LogP contribution in [0.1, 0.15) is 5.56 Å². The molecule has 0 atom stereocenters. The van der Waals surface area contributed by atoms with E-state index in [1.165, 1.54) is 43.5 Å². The van der Waals surface area contributed by atoms with Gasteiger partial charge in [-0.2, -0.15) is 4.39 Å². The van der Waals surface area contributed by atoms with Crippen molar-refractivity contribution in [2.24, 2.45) is 0 Å². The van der Waals surface area contributed by atoms with Crippen LogP contribution >= 0.6 is 0 Å². The van der Waals surface area contributed by atoms with Crippen molar-refractivity contribution < 1.29 is 329 Å². The summed E-state index contributed by atoms with van der Waals surface area (Å²) in [6.07, 6.45) is -0.448. The van der Waals surface area contributed by atoms with Gasteiger partial charge < -0.3 is 58.9 Å². The molecule has 0 saturated heterocycles. The van der Waals surface area contributed by atoms with Crippen molar-refractivity contribution in [1.82, 2.24) is 4.58 Å². The van der Waals surface area contributed by atoms with Crippen LogP contribution in [-0.2, 0) is 30.4 Å². The minimum absolute atomic E-state index is 0. The summed E-state index contributed by atoms with van der Waals surface area (Å²) in [6.45, 7) is -3.65. The molecule has 5 rings (SSSR count). The maximum absolute atomic E-state index is 15.8. The zero-order valence-corrected chi connectivity index (χ0v) is 54.4. The third-order valence-corrected chi connectivity index (χ3v) is 9.28. The van der Waals surface area contributed by atoms with Crippen LogP contribution in [0.2, 0.25) is 0 Å². The molecule has 3 aromatic carbocycles. The molecule has 0 aromatic heterocycles. The van der Waals surface area contributed by atoms with Gasteiger partial charge in [0.05, 0.1) is 31.0 Å². The fraction of sp³-hybridized carbons (Fsp3) is 0.286. The molecule has 24 heteroatoms. The Labute approximate surface area is 592 Å². The van der Waals surface area contributed by atoms with Gasteiger partial charge >= 0.3 is 287 Å². The second-order valence-corrected chi connectivity index (χ2v) is 14.1. The first-order valence-electron chi connectivity index (χ1n) is 18.4. The summed E-state index contributed by atoms with van der Waals surface area (Å²) in [5.74, 6) is -6.74. The van der Waals surface area contributed by atoms with Gasteiger partial charge in [-0.3, -0.25) is 24.0 Å². The number of fused-ring (bicyclic) bond motifs is 2. The monoisotopic (exact) mass is 1040 g/mol. The van der Waals surface area contributed by atoms with Crippen molar-refractivity contribution >= 4 is 57.9 Å². The van der Waals surface area contributed by atoms with Crippen LogP contribution in [0.15, 0.2) is 65.1 Å². The van der Waals surface area contributed by atoms with Crippen molar-refractivity contribution in [2.45, 2.75) is 6.42 Å². The molecule has 18 nitrogen and oxygen atoms in total. The first-order chi connectivity index (χ1) is 28.9. The Balaban J connectivity index is 0.00000845. The van der Waals surface area contributed by atoms with E-state index in [0.717, 1.165) is 15.5 Å². The minimum atomic E-state index is -1.36. The summed E-state index contributed by atoms with van der Waals surface area (Å²) >= 11 is 0. The van der Waals surface area contributed by atoms with E-state index in [-0.39, 0.29) is 310 Å². The number of aliphatic carboxylic acids is 5. The largest absolute Gasteiger partial charge is 1.00 e. The maximum Gasteiger partial charge on any atom is 1.00 e. The van der Waals surface area contributed by atoms with Gasteiger partial charge in [0.25, 0.3) is 0 Å². The van der Waals surface area contributed by atoms with Crippen LogP contribution in [0.3, 0.4) is 0 Å². The SMILES string of the molecule is COc1cc(N(CC(=O)O)CC(=O)O)c(OCCOc2ccc(CC(=O)O)cc2N(CC(=O)O)CC(=O)O)cc1-c1c2cc(F)c(=[N+](C)C)cc-2oc2cc(N(C)C)ccc12.[K+].[K+].[K+].[K+].[K+]. The van der Waals surface area contributed by atoms with E-state index in [1.807, 2.05) is 31.1 Å². The van der Waals surface area contributed by atoms with Gasteiger partial charge in [0.1, 0.15) is 82.1 Å². The number of benzene rings is 4. The number of nitrogens with zero attached hydrogens (tertiary/aromatic N) is 4. The van der Waals surface area contributed by atoms with Crippen molar-refractivity contribution in [1.29, 1.82) is 0 Å². The van der Waals surface area contributed by atoms with Crippen LogP contribution in [-0.4, -0.2) is 130 Å². The van der Waals surface area contributed by atoms with E-state index >= 15 is 4.39 Å². The van der Waals surface area contributed by atoms with Gasteiger partial charge in [-0.25, -0.2) is 4.58 Å². The van der Waals surface area contributed by atoms with Crippen molar-refractivity contribution in [2.75, 3.05) is 89.4 Å². The molecule has 0 spiro atoms. The zero-order chi connectivity index (χ0) is 44.7. The molecule has 0 bridgehead atoms. The van der Waals surface area contributed by atoms with Gasteiger partial charge in [0, 0.05) is 54.0 Å². The average Bonchev–Trinajstić information content (AvgIpc) is 3.16. The summed E-state index contributed by atoms with van der Waals surface area (Å²) in [5.41, 5.74) is 2.58. The van der Waals surface area contributed by atoms with Crippen LogP contribution in [0.4, 0.5) is 21.5 Å². The number of carboxylic acid groups (broad SMARTS) is 5. The first-order valence-corrected chi connectivity index (χ1v) is 18.4. The number of carbonyl (C=O) groups is 5. The Morgan fingerprint density at radius 1 is 0.636 bits per heavy atom. The molecule has 1 heterocycles. The van der Waals surface area contributed by atoms with Crippen molar-refractivity contribution in [3.05, 3.63) is 77.4 Å². The van der Waals surface area contributed by atoms with Gasteiger partial charge in [0.2, 0.25) is 5.36 Å². The average molecular weight is 1040 g/mol. The number of halogens is 1. The van der Waals surface area contributed by atoms with Gasteiger partial charge in [0.15, 0.2) is 5.82 Å². The molecule has 5 N–H and O–H groups in total. The molecule has 0 radical (unpaired) electrons. The van der Waals surface area contributed by atoms with E-state index < -0.39 is 68.3 Å². The Hall–Kier alpha value is 0.612. The van der Waals surface area contributed by atoms with E-state index in [2.05, 4.69) is 0 Å². The normalized spacial score (nSPS) is 10.1. The zero-order valence-electron chi connectivity index (χ0n) is 38.8. The molecular formula is C42H44FK5N4O14+6. The molecule has 0 unspecified atom stereocenters. The van der Waals surface area contributed by atoms with Crippen LogP contribution in [0.25, 0.3) is 33.4 Å². The Bertz CT molecular complexity index is 2540. The molecule has 0 amide bonds. The molecule has 1 aliphatic heterocycles. The summed E-state index contributed by atoms with van der Waals surface area (Å²) in [6, 6.07) is 15.3. The van der Waals surface area contributed by atoms with Crippen molar-refractivity contribution in [3.8, 4) is 39.7 Å². The number of carboxylic acids is 5. The van der Waals surface area contributed by atoms with E-state index in [9.17, 15) is 49.5 Å². The third kappa shape index (κ3) is 18.3. The standard InChI is InChI=1S/C42H43FN4O14.5K/c1-44(2)24-7-8-25-34(14-24)61-35-17-29(45(3)4)28(43)15-26(35)42(25)27-16-36(31(18-33(27)58-5)47(21-40(54)55)22-41(56)57)60-11-10-59-32-9-6-23(13-37(48)49)12-30(32)46(19-38(50)51)20-39(52)53;;;;;/h6-9,12,14-18H,10-11,13,19-22H2,1-5H3,(H4-,48,49,50,51,52,53,54,55,56,57);;;;;/q;5*+1/p+1. The number of rotatable bonds is 20. The fourth-order valence-corrected chi connectivity index (χ4v) is 6.70. The first kappa shape index (κ1) is 66.6. The number of hydrogen-bond donors (Lipinski definition) is 5. The van der Waals surface area contributed by atoms with Gasteiger partial charge in [-0.15, -0.1) is 0 Å². The molecule has 0 saturated carbocycles. The summed E-state index contributed by atoms with van der Waals surface area (Å²) in [5, 5.41) is 48.8. The number of hydrogen-bond acceptors (Lipinski definition) is 12. The summed E-state index contributed by atoms with van der Waals surface area (Å²) in [4.78, 5) is 62.8. The maximum atomic E-state index is 15.8. The molecule has 66 heavy (non-hydrogen) atoms. The summed E-state index contributed by atoms with van der Waals surface area (Å²) < 4.78 is 41.8. The predicted octanol–water partition coefficient (Wildman–Crippen LogP) is -11.5. The second kappa shape index (κ2) is 31.3. The number of ether oxygens (including phenoxy) is 3. The smallest absolute Gasteiger partial charge is 0.496 e. The molecule has 322 valence electrons. The third-order valence-electron chi connectivity index (χ3n) is 9.28. The van der Waals surface area contributed by atoms with Crippen LogP contribution in [0, 0.1) is 5.82 Å². The minimum Gasteiger partial charge on any atom is -0.496 e. The molecule has 2 aliphatic rings. The second-order valence-electron chi connectivity index (χ2n) is 14.1. The van der Waals surface area contributed by atoms with E-state index in [4.69, 9.17) is 18.6 Å². The molecular weight excluding hydrogens is 999 g/mol. The van der Waals surface area contributed by atoms with Crippen LogP contribution < -0.4 is 296 Å². The predicted molar refractivity (Wildman–Crippen MR) is 220 cm³/mol. The Morgan fingerprint density at radius 2 is 1.17 bits per heavy atom. The molecule has 3 aromatic rings. The van der Waals surface area contributed by atoms with Crippen molar-refractivity contribution in [3.63, 3.8) is 0 Å². The van der Waals surface area contributed by atoms with E-state index in [0.29, 0.717) is 33.4 Å². The molecule has 0 fully saturated rings. The Kier molecular flexibility index (Phi) is 31.5.